The summed E-state index contributed by atoms with van der Waals surface area (Å²) in [7, 11) is 0. The maximum absolute atomic E-state index is 13.4. The lowest BCUT2D eigenvalue weighted by molar-refractivity contribution is 0.0952. The van der Waals surface area contributed by atoms with E-state index in [2.05, 4.69) is 11.1 Å². The van der Waals surface area contributed by atoms with Gasteiger partial charge in [0.2, 0.25) is 0 Å². The molecule has 0 unspecified atom stereocenters. The number of pyridine rings is 2. The number of nitrogens with zero attached hydrogens (tertiary/aromatic N) is 5. The van der Waals surface area contributed by atoms with Crippen LogP contribution in [0.3, 0.4) is 0 Å². The molecule has 1 amide bonds. The van der Waals surface area contributed by atoms with Crippen molar-refractivity contribution in [3.8, 4) is 6.07 Å². The Balaban J connectivity index is 1.85. The maximum atomic E-state index is 13.4. The minimum atomic E-state index is -0.641. The minimum absolute atomic E-state index is 0.0698. The molecular weight excluding hydrogens is 489 g/mol. The van der Waals surface area contributed by atoms with Gasteiger partial charge in [-0.05, 0) is 55.7 Å². The van der Waals surface area contributed by atoms with Crippen LogP contribution in [0.5, 0.6) is 0 Å². The largest absolute Gasteiger partial charge is 0.376 e. The van der Waals surface area contributed by atoms with Gasteiger partial charge in [0.15, 0.2) is 5.49 Å². The van der Waals surface area contributed by atoms with Crippen LogP contribution in [0.15, 0.2) is 52.4 Å². The molecule has 0 spiro atoms. The highest BCUT2D eigenvalue weighted by molar-refractivity contribution is 6.36. The predicted octanol–water partition coefficient (Wildman–Crippen LogP) is 4.06. The van der Waals surface area contributed by atoms with Gasteiger partial charge >= 0.3 is 0 Å². The number of carbonyl (C=O) groups is 1. The standard InChI is InChI=1S/C25H19Cl2N5O3/c1-14-4-2-8-31-21(14)29-23-19(25(31)34)10-15(12-28)22(32(23)13-17-5-3-9-35-17)30-24(33)18-7-6-16(26)11-20(18)27/h2,4,6-8,10-11,17H,3,5,9,13H2,1H3/t17-/m1/s1. The summed E-state index contributed by atoms with van der Waals surface area (Å²) in [5, 5.41) is 10.7. The third kappa shape index (κ3) is 4.23. The Morgan fingerprint density at radius 1 is 1.29 bits per heavy atom. The Kier molecular flexibility index (Phi) is 6.15. The molecule has 35 heavy (non-hydrogen) atoms. The van der Waals surface area contributed by atoms with E-state index in [9.17, 15) is 14.9 Å². The Labute approximate surface area is 209 Å². The molecule has 1 aliphatic rings. The Morgan fingerprint density at radius 2 is 2.11 bits per heavy atom. The molecule has 1 fully saturated rings. The topological polar surface area (TPSA) is 102 Å². The number of rotatable bonds is 3. The molecular formula is C25H19Cl2N5O3. The molecule has 176 valence electrons. The minimum Gasteiger partial charge on any atom is -0.376 e. The van der Waals surface area contributed by atoms with Crippen LogP contribution >= 0.6 is 23.2 Å². The van der Waals surface area contributed by atoms with E-state index in [0.717, 1.165) is 18.4 Å². The molecule has 0 aliphatic carbocycles. The third-order valence-electron chi connectivity index (χ3n) is 6.00. The number of hydrogen-bond donors (Lipinski definition) is 0. The SMILES string of the molecule is Cc1cccn2c(=O)c3cc(C#N)c(=NC(=O)c4ccc(Cl)cc4Cl)n(C[C@H]4CCCO4)c3nc12. The molecule has 4 aromatic rings. The first kappa shape index (κ1) is 23.2. The first-order valence-corrected chi connectivity index (χ1v) is 11.7. The summed E-state index contributed by atoms with van der Waals surface area (Å²) in [5.41, 5.74) is 1.61. The van der Waals surface area contributed by atoms with Gasteiger partial charge in [0.1, 0.15) is 17.4 Å². The van der Waals surface area contributed by atoms with Crippen LogP contribution in [0.1, 0.15) is 34.3 Å². The van der Waals surface area contributed by atoms with Crippen molar-refractivity contribution in [2.45, 2.75) is 32.4 Å². The average molecular weight is 508 g/mol. The molecule has 0 bridgehead atoms. The molecule has 10 heteroatoms. The van der Waals surface area contributed by atoms with E-state index in [1.165, 1.54) is 22.6 Å². The molecule has 1 aliphatic heterocycles. The fourth-order valence-electron chi connectivity index (χ4n) is 4.27. The lowest BCUT2D eigenvalue weighted by Crippen LogP contribution is -2.33. The van der Waals surface area contributed by atoms with Crippen molar-refractivity contribution >= 4 is 45.8 Å². The number of nitriles is 1. The van der Waals surface area contributed by atoms with E-state index < -0.39 is 5.91 Å². The molecule has 0 N–H and O–H groups in total. The van der Waals surface area contributed by atoms with Gasteiger partial charge in [-0.15, -0.1) is 0 Å². The van der Waals surface area contributed by atoms with Crippen molar-refractivity contribution in [2.75, 3.05) is 6.61 Å². The average Bonchev–Trinajstić information content (AvgIpc) is 3.34. The van der Waals surface area contributed by atoms with Crippen molar-refractivity contribution in [2.24, 2.45) is 4.99 Å². The van der Waals surface area contributed by atoms with Crippen LogP contribution in [0, 0.1) is 18.3 Å². The quantitative estimate of drug-likeness (QED) is 0.389. The zero-order chi connectivity index (χ0) is 24.7. The molecule has 1 aromatic carbocycles. The van der Waals surface area contributed by atoms with E-state index in [1.54, 1.807) is 22.9 Å². The molecule has 3 aromatic heterocycles. The second kappa shape index (κ2) is 9.27. The van der Waals surface area contributed by atoms with Gasteiger partial charge < -0.3 is 9.30 Å². The molecule has 8 nitrogen and oxygen atoms in total. The first-order valence-electron chi connectivity index (χ1n) is 11.0. The maximum Gasteiger partial charge on any atom is 0.280 e. The van der Waals surface area contributed by atoms with Gasteiger partial charge in [-0.2, -0.15) is 10.3 Å². The normalized spacial score (nSPS) is 16.2. The van der Waals surface area contributed by atoms with Gasteiger partial charge in [-0.3, -0.25) is 14.0 Å². The number of halogens is 2. The summed E-state index contributed by atoms with van der Waals surface area (Å²) in [6, 6.07) is 11.6. The second-order valence-corrected chi connectivity index (χ2v) is 9.16. The number of benzene rings is 1. The van der Waals surface area contributed by atoms with Gasteiger partial charge in [-0.1, -0.05) is 29.3 Å². The van der Waals surface area contributed by atoms with Gasteiger partial charge in [0, 0.05) is 17.8 Å². The highest BCUT2D eigenvalue weighted by Gasteiger charge is 2.22. The van der Waals surface area contributed by atoms with Crippen LogP contribution in [0.4, 0.5) is 0 Å². The van der Waals surface area contributed by atoms with E-state index in [1.807, 2.05) is 13.0 Å². The number of amides is 1. The van der Waals surface area contributed by atoms with Crippen molar-refractivity contribution in [3.05, 3.63) is 85.2 Å². The fourth-order valence-corrected chi connectivity index (χ4v) is 4.76. The van der Waals surface area contributed by atoms with Crippen LogP contribution < -0.4 is 11.0 Å². The van der Waals surface area contributed by atoms with Crippen molar-refractivity contribution in [1.29, 1.82) is 5.26 Å². The van der Waals surface area contributed by atoms with Gasteiger partial charge in [0.05, 0.1) is 34.2 Å². The summed E-state index contributed by atoms with van der Waals surface area (Å²) >= 11 is 12.2. The smallest absolute Gasteiger partial charge is 0.280 e. The second-order valence-electron chi connectivity index (χ2n) is 8.32. The number of carbonyl (C=O) groups excluding carboxylic acids is 1. The Hall–Kier alpha value is -3.51. The molecule has 0 saturated carbocycles. The summed E-state index contributed by atoms with van der Waals surface area (Å²) in [6.07, 6.45) is 3.16. The third-order valence-corrected chi connectivity index (χ3v) is 6.55. The van der Waals surface area contributed by atoms with E-state index >= 15 is 0 Å². The highest BCUT2D eigenvalue weighted by Crippen LogP contribution is 2.22. The Bertz CT molecular complexity index is 1680. The number of aryl methyl sites for hydroxylation is 1. The number of fused-ring (bicyclic) bond motifs is 2. The van der Waals surface area contributed by atoms with E-state index in [-0.39, 0.29) is 45.2 Å². The molecule has 1 atom stereocenters. The van der Waals surface area contributed by atoms with Gasteiger partial charge in [0.25, 0.3) is 11.5 Å². The van der Waals surface area contributed by atoms with Crippen molar-refractivity contribution in [3.63, 3.8) is 0 Å². The summed E-state index contributed by atoms with van der Waals surface area (Å²) < 4.78 is 8.91. The summed E-state index contributed by atoms with van der Waals surface area (Å²) in [6.45, 7) is 2.75. The predicted molar refractivity (Wildman–Crippen MR) is 132 cm³/mol. The van der Waals surface area contributed by atoms with Crippen LogP contribution in [-0.2, 0) is 11.3 Å². The fraction of sp³-hybridized carbons (Fsp3) is 0.240. The summed E-state index contributed by atoms with van der Waals surface area (Å²) in [4.78, 5) is 35.6. The zero-order valence-electron chi connectivity index (χ0n) is 18.7. The van der Waals surface area contributed by atoms with E-state index in [0.29, 0.717) is 22.9 Å². The highest BCUT2D eigenvalue weighted by atomic mass is 35.5. The molecule has 0 radical (unpaired) electrons. The van der Waals surface area contributed by atoms with Crippen molar-refractivity contribution in [1.82, 2.24) is 14.0 Å². The van der Waals surface area contributed by atoms with E-state index in [4.69, 9.17) is 32.9 Å². The van der Waals surface area contributed by atoms with Gasteiger partial charge in [-0.25, -0.2) is 4.98 Å². The lowest BCUT2D eigenvalue weighted by Gasteiger charge is -2.17. The molecule has 5 rings (SSSR count). The van der Waals surface area contributed by atoms with Crippen LogP contribution in [-0.4, -0.2) is 32.6 Å². The number of hydrogen-bond acceptors (Lipinski definition) is 5. The first-order chi connectivity index (χ1) is 16.9. The Morgan fingerprint density at radius 3 is 2.83 bits per heavy atom. The lowest BCUT2D eigenvalue weighted by atomic mass is 10.2. The van der Waals surface area contributed by atoms with Crippen LogP contribution in [0.2, 0.25) is 10.0 Å². The number of ether oxygens (including phenoxy) is 1. The number of aromatic nitrogens is 3. The van der Waals surface area contributed by atoms with Crippen molar-refractivity contribution < 1.29 is 9.53 Å². The molecule has 4 heterocycles. The summed E-state index contributed by atoms with van der Waals surface area (Å²) in [5.74, 6) is -0.641. The zero-order valence-corrected chi connectivity index (χ0v) is 20.2. The monoisotopic (exact) mass is 507 g/mol. The van der Waals surface area contributed by atoms with Crippen LogP contribution in [0.25, 0.3) is 16.7 Å². The molecule has 1 saturated heterocycles.